The fraction of sp³-hybridized carbons (Fsp3) is 0.345. The van der Waals surface area contributed by atoms with E-state index in [1.54, 1.807) is 36.6 Å². The zero-order valence-corrected chi connectivity index (χ0v) is 23.2. The van der Waals surface area contributed by atoms with Crippen LogP contribution < -0.4 is 20.1 Å². The molecule has 0 atom stereocenters. The van der Waals surface area contributed by atoms with Crippen molar-refractivity contribution in [1.29, 1.82) is 0 Å². The number of nitrogens with one attached hydrogen (secondary N) is 2. The second-order valence-corrected chi connectivity index (χ2v) is 9.77. The van der Waals surface area contributed by atoms with Gasteiger partial charge in [0.05, 0.1) is 35.8 Å². The van der Waals surface area contributed by atoms with Gasteiger partial charge < -0.3 is 25.0 Å². The SMILES string of the molecule is CCC(=O)c1cnc(Nc2ccc(OC3CCN(C)CC3)cn2)cc1Nc1cccc(-c2ncn(C)n2)c1OC. The Morgan fingerprint density at radius 3 is 2.48 bits per heavy atom. The first-order valence-electron chi connectivity index (χ1n) is 13.3. The number of carbonyl (C=O) groups excluding carboxylic acids is 1. The number of hydrogen-bond acceptors (Lipinski definition) is 10. The predicted molar refractivity (Wildman–Crippen MR) is 154 cm³/mol. The van der Waals surface area contributed by atoms with Crippen molar-refractivity contribution < 1.29 is 14.3 Å². The highest BCUT2D eigenvalue weighted by atomic mass is 16.5. The Labute approximate surface area is 233 Å². The van der Waals surface area contributed by atoms with Crippen molar-refractivity contribution in [3.63, 3.8) is 0 Å². The Morgan fingerprint density at radius 2 is 1.80 bits per heavy atom. The summed E-state index contributed by atoms with van der Waals surface area (Å²) in [6.07, 6.45) is 7.49. The van der Waals surface area contributed by atoms with E-state index in [4.69, 9.17) is 9.47 Å². The highest BCUT2D eigenvalue weighted by molar-refractivity contribution is 6.02. The Kier molecular flexibility index (Phi) is 8.20. The van der Waals surface area contributed by atoms with Crippen molar-refractivity contribution in [3.05, 3.63) is 60.7 Å². The van der Waals surface area contributed by atoms with Crippen molar-refractivity contribution in [2.24, 2.45) is 7.05 Å². The van der Waals surface area contributed by atoms with Gasteiger partial charge in [-0.05, 0) is 44.2 Å². The fourth-order valence-corrected chi connectivity index (χ4v) is 4.63. The number of para-hydroxylation sites is 1. The monoisotopic (exact) mass is 542 g/mol. The van der Waals surface area contributed by atoms with Gasteiger partial charge in [-0.25, -0.2) is 15.0 Å². The normalized spacial score (nSPS) is 14.1. The number of ether oxygens (including phenoxy) is 2. The van der Waals surface area contributed by atoms with Gasteiger partial charge in [0.2, 0.25) is 0 Å². The van der Waals surface area contributed by atoms with Crippen molar-refractivity contribution in [1.82, 2.24) is 29.6 Å². The van der Waals surface area contributed by atoms with E-state index >= 15 is 0 Å². The highest BCUT2D eigenvalue weighted by Gasteiger charge is 2.19. The number of aryl methyl sites for hydroxylation is 1. The predicted octanol–water partition coefficient (Wildman–Crippen LogP) is 4.83. The topological polar surface area (TPSA) is 119 Å². The van der Waals surface area contributed by atoms with Crippen LogP contribution in [-0.2, 0) is 7.05 Å². The minimum Gasteiger partial charge on any atom is -0.494 e. The summed E-state index contributed by atoms with van der Waals surface area (Å²) < 4.78 is 13.5. The van der Waals surface area contributed by atoms with Crippen LogP contribution >= 0.6 is 0 Å². The maximum absolute atomic E-state index is 12.8. The lowest BCUT2D eigenvalue weighted by Crippen LogP contribution is -2.35. The number of hydrogen-bond donors (Lipinski definition) is 2. The quantitative estimate of drug-likeness (QED) is 0.270. The van der Waals surface area contributed by atoms with Crippen LogP contribution in [0.2, 0.25) is 0 Å². The number of Topliss-reactive ketones (excluding diaryl/α,β-unsaturated/α-hetero) is 1. The molecule has 1 saturated heterocycles. The Hall–Kier alpha value is -4.51. The zero-order valence-electron chi connectivity index (χ0n) is 23.2. The molecule has 0 aliphatic carbocycles. The summed E-state index contributed by atoms with van der Waals surface area (Å²) in [6, 6.07) is 11.2. The van der Waals surface area contributed by atoms with Gasteiger partial charge in [-0.2, -0.15) is 5.10 Å². The van der Waals surface area contributed by atoms with Gasteiger partial charge in [0, 0.05) is 38.8 Å². The summed E-state index contributed by atoms with van der Waals surface area (Å²) in [6.45, 7) is 3.89. The van der Waals surface area contributed by atoms with E-state index in [2.05, 4.69) is 42.6 Å². The van der Waals surface area contributed by atoms with E-state index in [1.807, 2.05) is 44.3 Å². The van der Waals surface area contributed by atoms with Crippen LogP contribution in [0.25, 0.3) is 11.4 Å². The lowest BCUT2D eigenvalue weighted by molar-refractivity contribution is 0.0988. The first-order valence-corrected chi connectivity index (χ1v) is 13.3. The molecule has 5 rings (SSSR count). The highest BCUT2D eigenvalue weighted by Crippen LogP contribution is 2.37. The summed E-state index contributed by atoms with van der Waals surface area (Å²) in [5.74, 6) is 2.97. The molecule has 0 saturated carbocycles. The number of rotatable bonds is 10. The number of carbonyl (C=O) groups is 1. The van der Waals surface area contributed by atoms with E-state index in [-0.39, 0.29) is 11.9 Å². The molecular formula is C29H34N8O3. The maximum Gasteiger partial charge on any atom is 0.184 e. The maximum atomic E-state index is 12.8. The molecule has 1 fully saturated rings. The summed E-state index contributed by atoms with van der Waals surface area (Å²) in [5, 5.41) is 11.0. The second kappa shape index (κ2) is 12.1. The molecule has 0 unspecified atom stereocenters. The molecule has 4 aromatic rings. The molecule has 1 aliphatic rings. The molecule has 208 valence electrons. The number of anilines is 4. The van der Waals surface area contributed by atoms with Crippen molar-refractivity contribution in [3.8, 4) is 22.9 Å². The number of aromatic nitrogens is 5. The first kappa shape index (κ1) is 27.1. The van der Waals surface area contributed by atoms with E-state index in [1.165, 1.54) is 0 Å². The minimum atomic E-state index is -0.0309. The molecule has 40 heavy (non-hydrogen) atoms. The Balaban J connectivity index is 1.37. The molecule has 4 heterocycles. The summed E-state index contributed by atoms with van der Waals surface area (Å²) >= 11 is 0. The summed E-state index contributed by atoms with van der Waals surface area (Å²) in [4.78, 5) is 28.4. The zero-order chi connectivity index (χ0) is 28.1. The molecule has 11 heteroatoms. The molecule has 2 N–H and O–H groups in total. The van der Waals surface area contributed by atoms with Crippen LogP contribution in [0.3, 0.4) is 0 Å². The van der Waals surface area contributed by atoms with Gasteiger partial charge >= 0.3 is 0 Å². The Bertz CT molecular complexity index is 1460. The second-order valence-electron chi connectivity index (χ2n) is 9.77. The van der Waals surface area contributed by atoms with Crippen LogP contribution in [0.15, 0.2) is 55.1 Å². The molecular weight excluding hydrogens is 508 g/mol. The third kappa shape index (κ3) is 6.20. The smallest absolute Gasteiger partial charge is 0.184 e. The van der Waals surface area contributed by atoms with E-state index < -0.39 is 0 Å². The van der Waals surface area contributed by atoms with Crippen LogP contribution in [0, 0.1) is 0 Å². The minimum absolute atomic E-state index is 0.0309. The number of nitrogens with zero attached hydrogens (tertiary/aromatic N) is 6. The first-order chi connectivity index (χ1) is 19.4. The van der Waals surface area contributed by atoms with Crippen LogP contribution in [-0.4, -0.2) is 68.8 Å². The van der Waals surface area contributed by atoms with Gasteiger partial charge in [-0.1, -0.05) is 13.0 Å². The largest absolute Gasteiger partial charge is 0.494 e. The van der Waals surface area contributed by atoms with Gasteiger partial charge in [0.15, 0.2) is 17.4 Å². The third-order valence-corrected chi connectivity index (χ3v) is 6.82. The van der Waals surface area contributed by atoms with Crippen LogP contribution in [0.4, 0.5) is 23.0 Å². The molecule has 11 nitrogen and oxygen atoms in total. The number of likely N-dealkylation sites (tertiary alicyclic amines) is 1. The molecule has 0 spiro atoms. The number of piperidine rings is 1. The van der Waals surface area contributed by atoms with E-state index in [9.17, 15) is 4.79 Å². The standard InChI is InChI=1S/C29H34N8O3/c1-5-25(38)22-17-31-27(34-26-10-9-20(16-30-26)40-19-11-13-36(2)14-12-19)15-24(22)33-23-8-6-7-21(28(23)39-4)29-32-18-37(3)35-29/h6-10,15-19H,5,11-14H2,1-4H3,(H2,30,31,33,34). The molecule has 3 aromatic heterocycles. The van der Waals surface area contributed by atoms with Gasteiger partial charge in [0.25, 0.3) is 0 Å². The van der Waals surface area contributed by atoms with E-state index in [0.29, 0.717) is 46.6 Å². The van der Waals surface area contributed by atoms with Gasteiger partial charge in [0.1, 0.15) is 29.8 Å². The molecule has 0 amide bonds. The average molecular weight is 543 g/mol. The molecule has 1 aliphatic heterocycles. The molecule has 1 aromatic carbocycles. The lowest BCUT2D eigenvalue weighted by atomic mass is 10.1. The fourth-order valence-electron chi connectivity index (χ4n) is 4.63. The van der Waals surface area contributed by atoms with Crippen molar-refractivity contribution >= 4 is 28.8 Å². The van der Waals surface area contributed by atoms with Crippen LogP contribution in [0.5, 0.6) is 11.5 Å². The van der Waals surface area contributed by atoms with E-state index in [0.717, 1.165) is 37.2 Å². The number of benzene rings is 1. The number of pyridine rings is 2. The molecule has 0 radical (unpaired) electrons. The summed E-state index contributed by atoms with van der Waals surface area (Å²) in [5.41, 5.74) is 2.47. The van der Waals surface area contributed by atoms with Gasteiger partial charge in [-0.15, -0.1) is 0 Å². The van der Waals surface area contributed by atoms with Crippen molar-refractivity contribution in [2.45, 2.75) is 32.3 Å². The van der Waals surface area contributed by atoms with Crippen LogP contribution in [0.1, 0.15) is 36.5 Å². The summed E-state index contributed by atoms with van der Waals surface area (Å²) in [7, 11) is 5.53. The van der Waals surface area contributed by atoms with Crippen molar-refractivity contribution in [2.75, 3.05) is 37.9 Å². The third-order valence-electron chi connectivity index (χ3n) is 6.82. The number of methoxy groups -OCH3 is 1. The number of ketones is 1. The Morgan fingerprint density at radius 1 is 1.00 bits per heavy atom. The molecule has 0 bridgehead atoms. The average Bonchev–Trinajstić information content (AvgIpc) is 3.41. The lowest BCUT2D eigenvalue weighted by Gasteiger charge is -2.29. The van der Waals surface area contributed by atoms with Gasteiger partial charge in [-0.3, -0.25) is 9.48 Å².